The number of nitrogens with zero attached hydrogens (tertiary/aromatic N) is 2. The van der Waals surface area contributed by atoms with Gasteiger partial charge in [0.1, 0.15) is 5.75 Å². The van der Waals surface area contributed by atoms with Crippen molar-refractivity contribution in [3.63, 3.8) is 0 Å². The number of hydrogen-bond donors (Lipinski definition) is 2. The third kappa shape index (κ3) is 3.43. The molecule has 2 heterocycles. The monoisotopic (exact) mass is 263 g/mol. The van der Waals surface area contributed by atoms with Crippen molar-refractivity contribution in [3.8, 4) is 5.75 Å². The molecule has 1 aromatic heterocycles. The summed E-state index contributed by atoms with van der Waals surface area (Å²) >= 11 is 0. The summed E-state index contributed by atoms with van der Waals surface area (Å²) in [6.45, 7) is 1.91. The quantitative estimate of drug-likeness (QED) is 0.830. The molecule has 0 aliphatic carbocycles. The highest BCUT2D eigenvalue weighted by atomic mass is 16.3. The summed E-state index contributed by atoms with van der Waals surface area (Å²) in [5.41, 5.74) is 0.170. The van der Waals surface area contributed by atoms with Crippen molar-refractivity contribution in [2.45, 2.75) is 19.3 Å². The van der Waals surface area contributed by atoms with E-state index >= 15 is 0 Å². The van der Waals surface area contributed by atoms with Crippen molar-refractivity contribution in [3.05, 3.63) is 24.0 Å². The van der Waals surface area contributed by atoms with Crippen LogP contribution in [0.5, 0.6) is 5.75 Å². The summed E-state index contributed by atoms with van der Waals surface area (Å²) in [5.74, 6) is -0.489. The molecule has 0 unspecified atom stereocenters. The van der Waals surface area contributed by atoms with Gasteiger partial charge in [0.15, 0.2) is 0 Å². The zero-order chi connectivity index (χ0) is 13.7. The van der Waals surface area contributed by atoms with E-state index in [1.807, 2.05) is 4.90 Å². The molecule has 1 aromatic rings. The van der Waals surface area contributed by atoms with E-state index in [1.54, 1.807) is 0 Å². The lowest BCUT2D eigenvalue weighted by molar-refractivity contribution is -0.129. The van der Waals surface area contributed by atoms with Crippen molar-refractivity contribution in [1.29, 1.82) is 0 Å². The molecular weight excluding hydrogens is 246 g/mol. The number of aromatic nitrogens is 1. The van der Waals surface area contributed by atoms with Crippen LogP contribution in [0.25, 0.3) is 0 Å². The summed E-state index contributed by atoms with van der Waals surface area (Å²) < 4.78 is 0. The van der Waals surface area contributed by atoms with Gasteiger partial charge in [0.25, 0.3) is 5.91 Å². The lowest BCUT2D eigenvalue weighted by Gasteiger charge is -2.15. The molecule has 0 radical (unpaired) electrons. The van der Waals surface area contributed by atoms with Crippen molar-refractivity contribution in [1.82, 2.24) is 15.2 Å². The molecule has 6 heteroatoms. The van der Waals surface area contributed by atoms with E-state index in [2.05, 4.69) is 10.3 Å². The van der Waals surface area contributed by atoms with Crippen LogP contribution in [0.4, 0.5) is 0 Å². The minimum atomic E-state index is -0.394. The Bertz CT molecular complexity index is 470. The van der Waals surface area contributed by atoms with E-state index in [9.17, 15) is 14.7 Å². The normalized spacial score (nSPS) is 14.4. The van der Waals surface area contributed by atoms with Gasteiger partial charge in [0.2, 0.25) is 5.91 Å². The average molecular weight is 263 g/mol. The van der Waals surface area contributed by atoms with Crippen molar-refractivity contribution in [2.75, 3.05) is 19.6 Å². The van der Waals surface area contributed by atoms with Crippen molar-refractivity contribution < 1.29 is 14.7 Å². The molecule has 0 saturated carbocycles. The van der Waals surface area contributed by atoms with Gasteiger partial charge >= 0.3 is 0 Å². The van der Waals surface area contributed by atoms with Crippen LogP contribution in [0.15, 0.2) is 18.5 Å². The van der Waals surface area contributed by atoms with Gasteiger partial charge in [-0.2, -0.15) is 0 Å². The smallest absolute Gasteiger partial charge is 0.255 e. The Hall–Kier alpha value is -2.11. The summed E-state index contributed by atoms with van der Waals surface area (Å²) in [5, 5.41) is 12.1. The molecule has 1 aliphatic heterocycles. The average Bonchev–Trinajstić information content (AvgIpc) is 2.93. The predicted molar refractivity (Wildman–Crippen MR) is 68.7 cm³/mol. The Balaban J connectivity index is 1.78. The SMILES string of the molecule is O=C(NCCC(=O)N1CCCC1)c1ccncc1O. The minimum absolute atomic E-state index is 0.0664. The number of carbonyl (C=O) groups is 2. The minimum Gasteiger partial charge on any atom is -0.505 e. The highest BCUT2D eigenvalue weighted by Gasteiger charge is 2.17. The summed E-state index contributed by atoms with van der Waals surface area (Å²) in [4.78, 5) is 29.0. The zero-order valence-electron chi connectivity index (χ0n) is 10.6. The van der Waals surface area contributed by atoms with E-state index < -0.39 is 5.91 Å². The number of aromatic hydroxyl groups is 1. The van der Waals surface area contributed by atoms with Gasteiger partial charge in [-0.1, -0.05) is 0 Å². The highest BCUT2D eigenvalue weighted by Crippen LogP contribution is 2.13. The maximum Gasteiger partial charge on any atom is 0.255 e. The molecule has 19 heavy (non-hydrogen) atoms. The van der Waals surface area contributed by atoms with Crippen LogP contribution in [-0.4, -0.2) is 46.4 Å². The fourth-order valence-electron chi connectivity index (χ4n) is 2.08. The van der Waals surface area contributed by atoms with E-state index in [-0.39, 0.29) is 30.2 Å². The largest absolute Gasteiger partial charge is 0.505 e. The number of hydrogen-bond acceptors (Lipinski definition) is 4. The number of likely N-dealkylation sites (tertiary alicyclic amines) is 1. The molecule has 6 nitrogen and oxygen atoms in total. The first-order valence-electron chi connectivity index (χ1n) is 6.37. The molecule has 0 bridgehead atoms. The van der Waals surface area contributed by atoms with Gasteiger partial charge in [-0.3, -0.25) is 14.6 Å². The Labute approximate surface area is 111 Å². The first-order chi connectivity index (χ1) is 9.18. The number of rotatable bonds is 4. The summed E-state index contributed by atoms with van der Waals surface area (Å²) in [6.07, 6.45) is 5.05. The second kappa shape index (κ2) is 6.17. The lowest BCUT2D eigenvalue weighted by Crippen LogP contribution is -2.32. The molecule has 0 atom stereocenters. The summed E-state index contributed by atoms with van der Waals surface area (Å²) in [7, 11) is 0. The molecule has 1 fully saturated rings. The number of nitrogens with one attached hydrogen (secondary N) is 1. The zero-order valence-corrected chi connectivity index (χ0v) is 10.6. The fraction of sp³-hybridized carbons (Fsp3) is 0.462. The molecule has 1 saturated heterocycles. The number of carbonyl (C=O) groups excluding carboxylic acids is 2. The highest BCUT2D eigenvalue weighted by molar-refractivity contribution is 5.96. The maximum atomic E-state index is 11.7. The Morgan fingerprint density at radius 1 is 1.37 bits per heavy atom. The van der Waals surface area contributed by atoms with E-state index in [4.69, 9.17) is 0 Å². The third-order valence-electron chi connectivity index (χ3n) is 3.13. The van der Waals surface area contributed by atoms with Gasteiger partial charge in [-0.15, -0.1) is 0 Å². The van der Waals surface area contributed by atoms with Crippen LogP contribution in [0.2, 0.25) is 0 Å². The lowest BCUT2D eigenvalue weighted by atomic mass is 10.2. The van der Waals surface area contributed by atoms with E-state index in [0.29, 0.717) is 0 Å². The summed E-state index contributed by atoms with van der Waals surface area (Å²) in [6, 6.07) is 1.44. The first kappa shape index (κ1) is 13.3. The van der Waals surface area contributed by atoms with Crippen LogP contribution in [0.3, 0.4) is 0 Å². The maximum absolute atomic E-state index is 11.7. The van der Waals surface area contributed by atoms with Crippen LogP contribution >= 0.6 is 0 Å². The van der Waals surface area contributed by atoms with Crippen LogP contribution in [0.1, 0.15) is 29.6 Å². The van der Waals surface area contributed by atoms with Gasteiger partial charge in [0.05, 0.1) is 11.8 Å². The van der Waals surface area contributed by atoms with Crippen LogP contribution in [-0.2, 0) is 4.79 Å². The topological polar surface area (TPSA) is 82.5 Å². The molecule has 2 amide bonds. The van der Waals surface area contributed by atoms with Gasteiger partial charge in [-0.25, -0.2) is 0 Å². The Morgan fingerprint density at radius 2 is 2.11 bits per heavy atom. The molecule has 102 valence electrons. The molecule has 2 N–H and O–H groups in total. The first-order valence-corrected chi connectivity index (χ1v) is 6.37. The Kier molecular flexibility index (Phi) is 4.33. The standard InChI is InChI=1S/C13H17N3O3/c17-11-9-14-5-3-10(11)13(19)15-6-4-12(18)16-7-1-2-8-16/h3,5,9,17H,1-2,4,6-8H2,(H,15,19). The molecule has 2 rings (SSSR count). The van der Waals surface area contributed by atoms with Crippen molar-refractivity contribution in [2.24, 2.45) is 0 Å². The Morgan fingerprint density at radius 3 is 2.79 bits per heavy atom. The van der Waals surface area contributed by atoms with E-state index in [1.165, 1.54) is 18.5 Å². The number of pyridine rings is 1. The predicted octanol–water partition coefficient (Wildman–Crippen LogP) is 0.529. The second-order valence-electron chi connectivity index (χ2n) is 4.49. The van der Waals surface area contributed by atoms with Gasteiger partial charge in [-0.05, 0) is 18.9 Å². The third-order valence-corrected chi connectivity index (χ3v) is 3.13. The van der Waals surface area contributed by atoms with Gasteiger partial charge in [0, 0.05) is 32.3 Å². The molecular formula is C13H17N3O3. The van der Waals surface area contributed by atoms with E-state index in [0.717, 1.165) is 25.9 Å². The van der Waals surface area contributed by atoms with Crippen LogP contribution in [0, 0.1) is 0 Å². The number of amides is 2. The van der Waals surface area contributed by atoms with Crippen molar-refractivity contribution >= 4 is 11.8 Å². The molecule has 0 spiro atoms. The van der Waals surface area contributed by atoms with Crippen LogP contribution < -0.4 is 5.32 Å². The molecule has 1 aliphatic rings. The second-order valence-corrected chi connectivity index (χ2v) is 4.49. The van der Waals surface area contributed by atoms with Gasteiger partial charge < -0.3 is 15.3 Å². The fourth-order valence-corrected chi connectivity index (χ4v) is 2.08. The molecule has 0 aromatic carbocycles.